The van der Waals surface area contributed by atoms with Crippen LogP contribution in [0.3, 0.4) is 0 Å². The van der Waals surface area contributed by atoms with E-state index in [0.717, 1.165) is 11.4 Å². The van der Waals surface area contributed by atoms with Crippen molar-refractivity contribution in [1.29, 1.82) is 0 Å². The number of aryl methyl sites for hydroxylation is 1. The van der Waals surface area contributed by atoms with Gasteiger partial charge in [0.2, 0.25) is 0 Å². The molecule has 1 aromatic carbocycles. The van der Waals surface area contributed by atoms with Gasteiger partial charge >= 0.3 is 0 Å². The van der Waals surface area contributed by atoms with Crippen molar-refractivity contribution in [3.05, 3.63) is 46.8 Å². The molecule has 0 amide bonds. The standard InChI is InChI=1S/C12H14ClFN4/c1-8(12-17-16-7-18(12)2)15-6-9-4-3-5-10(14)11(9)13/h3-5,7-8,15H,6H2,1-2H3. The first-order valence-electron chi connectivity index (χ1n) is 5.59. The second-order valence-electron chi connectivity index (χ2n) is 4.12. The van der Waals surface area contributed by atoms with Crippen molar-refractivity contribution in [3.8, 4) is 0 Å². The van der Waals surface area contributed by atoms with Crippen molar-refractivity contribution in [3.63, 3.8) is 0 Å². The molecule has 6 heteroatoms. The summed E-state index contributed by atoms with van der Waals surface area (Å²) in [4.78, 5) is 0. The van der Waals surface area contributed by atoms with Crippen LogP contribution in [0.15, 0.2) is 24.5 Å². The number of hydrogen-bond donors (Lipinski definition) is 1. The van der Waals surface area contributed by atoms with E-state index in [9.17, 15) is 4.39 Å². The molecule has 0 saturated heterocycles. The summed E-state index contributed by atoms with van der Waals surface area (Å²) in [5.41, 5.74) is 0.727. The number of halogens is 2. The highest BCUT2D eigenvalue weighted by Gasteiger charge is 2.12. The fourth-order valence-corrected chi connectivity index (χ4v) is 1.92. The summed E-state index contributed by atoms with van der Waals surface area (Å²) in [6.45, 7) is 2.45. The summed E-state index contributed by atoms with van der Waals surface area (Å²) in [7, 11) is 1.88. The second kappa shape index (κ2) is 5.46. The largest absolute Gasteiger partial charge is 0.319 e. The zero-order chi connectivity index (χ0) is 13.1. The van der Waals surface area contributed by atoms with Crippen molar-refractivity contribution >= 4 is 11.6 Å². The van der Waals surface area contributed by atoms with Gasteiger partial charge in [-0.2, -0.15) is 0 Å². The Morgan fingerprint density at radius 3 is 2.94 bits per heavy atom. The highest BCUT2D eigenvalue weighted by molar-refractivity contribution is 6.31. The van der Waals surface area contributed by atoms with Crippen LogP contribution in [0, 0.1) is 5.82 Å². The van der Waals surface area contributed by atoms with E-state index in [4.69, 9.17) is 11.6 Å². The zero-order valence-electron chi connectivity index (χ0n) is 10.2. The Hall–Kier alpha value is -1.46. The first kappa shape index (κ1) is 13.0. The van der Waals surface area contributed by atoms with Crippen LogP contribution >= 0.6 is 11.6 Å². The van der Waals surface area contributed by atoms with Gasteiger partial charge in [-0.1, -0.05) is 23.7 Å². The molecule has 0 spiro atoms. The van der Waals surface area contributed by atoms with Crippen LogP contribution in [-0.4, -0.2) is 14.8 Å². The third-order valence-corrected chi connectivity index (χ3v) is 3.19. The fraction of sp³-hybridized carbons (Fsp3) is 0.333. The van der Waals surface area contributed by atoms with Crippen molar-refractivity contribution in [2.45, 2.75) is 19.5 Å². The molecule has 0 aliphatic rings. The van der Waals surface area contributed by atoms with E-state index in [1.807, 2.05) is 18.5 Å². The highest BCUT2D eigenvalue weighted by Crippen LogP contribution is 2.20. The normalized spacial score (nSPS) is 12.7. The van der Waals surface area contributed by atoms with Gasteiger partial charge in [0.05, 0.1) is 11.1 Å². The average molecular weight is 269 g/mol. The molecule has 0 radical (unpaired) electrons. The van der Waals surface area contributed by atoms with E-state index in [2.05, 4.69) is 15.5 Å². The lowest BCUT2D eigenvalue weighted by Gasteiger charge is -2.13. The summed E-state index contributed by atoms with van der Waals surface area (Å²) in [6.07, 6.45) is 1.64. The zero-order valence-corrected chi connectivity index (χ0v) is 10.9. The molecular formula is C12H14ClFN4. The predicted octanol–water partition coefficient (Wildman–Crippen LogP) is 2.46. The highest BCUT2D eigenvalue weighted by atomic mass is 35.5. The summed E-state index contributed by atoms with van der Waals surface area (Å²) in [5, 5.41) is 11.2. The Kier molecular flexibility index (Phi) is 3.93. The van der Waals surface area contributed by atoms with Crippen LogP contribution < -0.4 is 5.32 Å². The van der Waals surface area contributed by atoms with E-state index >= 15 is 0 Å². The molecule has 1 aromatic heterocycles. The first-order valence-corrected chi connectivity index (χ1v) is 5.97. The minimum absolute atomic E-state index is 0.0110. The predicted molar refractivity (Wildman–Crippen MR) is 67.7 cm³/mol. The van der Waals surface area contributed by atoms with Gasteiger partial charge in [-0.25, -0.2) is 4.39 Å². The van der Waals surface area contributed by atoms with Crippen LogP contribution in [0.4, 0.5) is 4.39 Å². The van der Waals surface area contributed by atoms with E-state index in [0.29, 0.717) is 6.54 Å². The van der Waals surface area contributed by atoms with Gasteiger partial charge in [0.1, 0.15) is 18.0 Å². The van der Waals surface area contributed by atoms with Crippen molar-refractivity contribution in [2.24, 2.45) is 7.05 Å². The van der Waals surface area contributed by atoms with E-state index in [-0.39, 0.29) is 11.1 Å². The second-order valence-corrected chi connectivity index (χ2v) is 4.49. The Bertz CT molecular complexity index is 541. The van der Waals surface area contributed by atoms with Gasteiger partial charge in [0, 0.05) is 13.6 Å². The Morgan fingerprint density at radius 1 is 1.50 bits per heavy atom. The smallest absolute Gasteiger partial charge is 0.149 e. The molecule has 1 N–H and O–H groups in total. The average Bonchev–Trinajstić information content (AvgIpc) is 2.77. The van der Waals surface area contributed by atoms with Crippen LogP contribution in [-0.2, 0) is 13.6 Å². The lowest BCUT2D eigenvalue weighted by molar-refractivity contribution is 0.526. The Morgan fingerprint density at radius 2 is 2.28 bits per heavy atom. The van der Waals surface area contributed by atoms with Crippen LogP contribution in [0.25, 0.3) is 0 Å². The molecule has 2 rings (SSSR count). The summed E-state index contributed by atoms with van der Waals surface area (Å²) < 4.78 is 15.1. The summed E-state index contributed by atoms with van der Waals surface area (Å²) in [6, 6.07) is 4.79. The maximum absolute atomic E-state index is 13.3. The minimum Gasteiger partial charge on any atom is -0.319 e. The third-order valence-electron chi connectivity index (χ3n) is 2.76. The van der Waals surface area contributed by atoms with Gasteiger partial charge < -0.3 is 9.88 Å². The number of nitrogens with one attached hydrogen (secondary N) is 1. The molecule has 18 heavy (non-hydrogen) atoms. The summed E-state index contributed by atoms with van der Waals surface area (Å²) >= 11 is 5.88. The van der Waals surface area contributed by atoms with Gasteiger partial charge in [0.15, 0.2) is 0 Å². The van der Waals surface area contributed by atoms with Crippen molar-refractivity contribution in [1.82, 2.24) is 20.1 Å². The number of nitrogens with zero attached hydrogens (tertiary/aromatic N) is 3. The molecule has 0 aliphatic carbocycles. The van der Waals surface area contributed by atoms with Crippen LogP contribution in [0.1, 0.15) is 24.4 Å². The minimum atomic E-state index is -0.401. The van der Waals surface area contributed by atoms with Gasteiger partial charge in [0.25, 0.3) is 0 Å². The number of benzene rings is 1. The monoisotopic (exact) mass is 268 g/mol. The molecule has 2 aromatic rings. The van der Waals surface area contributed by atoms with Crippen molar-refractivity contribution < 1.29 is 4.39 Å². The molecule has 0 fully saturated rings. The number of rotatable bonds is 4. The van der Waals surface area contributed by atoms with E-state index < -0.39 is 5.82 Å². The molecule has 96 valence electrons. The molecule has 1 atom stereocenters. The molecule has 4 nitrogen and oxygen atoms in total. The number of hydrogen-bond acceptors (Lipinski definition) is 3. The van der Waals surface area contributed by atoms with E-state index in [1.165, 1.54) is 6.07 Å². The quantitative estimate of drug-likeness (QED) is 0.926. The van der Waals surface area contributed by atoms with Gasteiger partial charge in [-0.3, -0.25) is 0 Å². The first-order chi connectivity index (χ1) is 8.59. The van der Waals surface area contributed by atoms with Crippen molar-refractivity contribution in [2.75, 3.05) is 0 Å². The Balaban J connectivity index is 2.04. The van der Waals surface area contributed by atoms with Gasteiger partial charge in [-0.05, 0) is 18.6 Å². The fourth-order valence-electron chi connectivity index (χ4n) is 1.72. The molecule has 1 unspecified atom stereocenters. The van der Waals surface area contributed by atoms with E-state index in [1.54, 1.807) is 18.5 Å². The molecule has 0 bridgehead atoms. The lowest BCUT2D eigenvalue weighted by Crippen LogP contribution is -2.21. The maximum Gasteiger partial charge on any atom is 0.149 e. The van der Waals surface area contributed by atoms with Crippen LogP contribution in [0.5, 0.6) is 0 Å². The van der Waals surface area contributed by atoms with Crippen LogP contribution in [0.2, 0.25) is 5.02 Å². The topological polar surface area (TPSA) is 42.7 Å². The lowest BCUT2D eigenvalue weighted by atomic mass is 10.2. The summed E-state index contributed by atoms with van der Waals surface area (Å²) in [5.74, 6) is 0.421. The third kappa shape index (κ3) is 2.68. The van der Waals surface area contributed by atoms with Gasteiger partial charge in [-0.15, -0.1) is 10.2 Å². The molecule has 0 saturated carbocycles. The number of aromatic nitrogens is 3. The maximum atomic E-state index is 13.3. The molecule has 1 heterocycles. The SMILES string of the molecule is CC(NCc1cccc(F)c1Cl)c1nncn1C. The molecule has 0 aliphatic heterocycles. The molecular weight excluding hydrogens is 255 g/mol. The Labute approximate surface area is 110 Å².